The van der Waals surface area contributed by atoms with E-state index in [2.05, 4.69) is 48.5 Å². The number of carbonyl (C=O) groups is 2. The number of nitrogens with zero attached hydrogens (tertiary/aromatic N) is 8. The Labute approximate surface area is 251 Å². The second-order valence-electron chi connectivity index (χ2n) is 10.7. The van der Waals surface area contributed by atoms with E-state index in [0.29, 0.717) is 30.5 Å². The van der Waals surface area contributed by atoms with E-state index < -0.39 is 6.17 Å². The van der Waals surface area contributed by atoms with Gasteiger partial charge in [-0.1, -0.05) is 53.8 Å². The maximum Gasteiger partial charge on any atom is 0.332 e. The molecule has 5 heterocycles. The lowest BCUT2D eigenvalue weighted by molar-refractivity contribution is -0.131. The maximum absolute atomic E-state index is 13.8. The van der Waals surface area contributed by atoms with Gasteiger partial charge in [0, 0.05) is 25.7 Å². The summed E-state index contributed by atoms with van der Waals surface area (Å²) in [4.78, 5) is 35.5. The number of epoxide rings is 1. The number of para-hydroxylation sites is 1. The van der Waals surface area contributed by atoms with Crippen molar-refractivity contribution in [3.63, 3.8) is 0 Å². The van der Waals surface area contributed by atoms with Crippen molar-refractivity contribution in [2.45, 2.75) is 37.5 Å². The predicted octanol–water partition coefficient (Wildman–Crippen LogP) is 1.42. The molecule has 3 aliphatic heterocycles. The summed E-state index contributed by atoms with van der Waals surface area (Å²) in [7, 11) is 1.58. The number of thiazole rings is 1. The number of fused-ring (bicyclic) bond motifs is 3. The number of amides is 3. The van der Waals surface area contributed by atoms with Crippen molar-refractivity contribution < 1.29 is 14.3 Å². The molecule has 2 unspecified atom stereocenters. The Morgan fingerprint density at radius 3 is 2.88 bits per heavy atom. The Balaban J connectivity index is 1.22. The van der Waals surface area contributed by atoms with Crippen LogP contribution in [0.15, 0.2) is 55.1 Å². The van der Waals surface area contributed by atoms with E-state index >= 15 is 0 Å². The summed E-state index contributed by atoms with van der Waals surface area (Å²) in [6.45, 7) is 5.21. The van der Waals surface area contributed by atoms with Crippen LogP contribution in [0.25, 0.3) is 21.6 Å². The largest absolute Gasteiger partial charge is 0.375 e. The molecule has 15 heteroatoms. The van der Waals surface area contributed by atoms with Crippen molar-refractivity contribution in [3.8, 4) is 11.4 Å². The van der Waals surface area contributed by atoms with Crippen molar-refractivity contribution >= 4 is 38.6 Å². The Kier molecular flexibility index (Phi) is 7.01. The molecule has 2 aromatic carbocycles. The lowest BCUT2D eigenvalue weighted by Gasteiger charge is -2.39. The highest BCUT2D eigenvalue weighted by Gasteiger charge is 2.59. The number of anilines is 1. The molecule has 0 aliphatic carbocycles. The summed E-state index contributed by atoms with van der Waals surface area (Å²) in [6, 6.07) is 13.5. The molecule has 0 saturated carbocycles. The van der Waals surface area contributed by atoms with E-state index in [-0.39, 0.29) is 43.4 Å². The van der Waals surface area contributed by atoms with Crippen molar-refractivity contribution in [1.29, 1.82) is 0 Å². The van der Waals surface area contributed by atoms with Crippen LogP contribution < -0.4 is 11.1 Å². The summed E-state index contributed by atoms with van der Waals surface area (Å²) in [5, 5.41) is 20.9. The average Bonchev–Trinajstić information content (AvgIpc) is 3.29. The summed E-state index contributed by atoms with van der Waals surface area (Å²) in [5.74, 6) is 0.461. The van der Waals surface area contributed by atoms with Crippen LogP contribution in [0.5, 0.6) is 0 Å². The third kappa shape index (κ3) is 4.99. The molecule has 0 spiro atoms. The first-order valence-corrected chi connectivity index (χ1v) is 14.8. The van der Waals surface area contributed by atoms with Gasteiger partial charge in [0.15, 0.2) is 5.13 Å². The number of hydrogen-bond donors (Lipinski definition) is 3. The van der Waals surface area contributed by atoms with E-state index in [1.165, 1.54) is 11.3 Å². The number of hydrogen-bond acceptors (Lipinski definition) is 11. The van der Waals surface area contributed by atoms with E-state index in [9.17, 15) is 9.59 Å². The first-order chi connectivity index (χ1) is 20.9. The zero-order chi connectivity index (χ0) is 29.7. The van der Waals surface area contributed by atoms with E-state index in [0.717, 1.165) is 26.9 Å². The molecule has 3 fully saturated rings. The molecular weight excluding hydrogens is 570 g/mol. The fourth-order valence-electron chi connectivity index (χ4n) is 6.24. The zero-order valence-electron chi connectivity index (χ0n) is 23.5. The lowest BCUT2D eigenvalue weighted by Crippen LogP contribution is -2.58. The van der Waals surface area contributed by atoms with Crippen LogP contribution in [-0.4, -0.2) is 109 Å². The second-order valence-corrected chi connectivity index (χ2v) is 11.8. The highest BCUT2D eigenvalue weighted by atomic mass is 32.1. The number of nitrogen functional groups attached to an aromatic ring is 1. The van der Waals surface area contributed by atoms with Gasteiger partial charge in [-0.3, -0.25) is 14.7 Å². The highest BCUT2D eigenvalue weighted by Crippen LogP contribution is 2.41. The number of tetrazole rings is 1. The van der Waals surface area contributed by atoms with Crippen molar-refractivity contribution in [2.24, 2.45) is 0 Å². The third-order valence-electron chi connectivity index (χ3n) is 8.20. The summed E-state index contributed by atoms with van der Waals surface area (Å²) < 4.78 is 7.35. The minimum Gasteiger partial charge on any atom is -0.375 e. The molecule has 3 aliphatic rings. The average molecular weight is 602 g/mol. The molecule has 4 aromatic rings. The number of benzene rings is 2. The van der Waals surface area contributed by atoms with E-state index in [4.69, 9.17) is 10.5 Å². The van der Waals surface area contributed by atoms with Crippen LogP contribution in [-0.2, 0) is 22.5 Å². The topological polar surface area (TPSA) is 165 Å². The van der Waals surface area contributed by atoms with Crippen LogP contribution in [0.1, 0.15) is 11.1 Å². The Hall–Kier alpha value is -4.44. The molecule has 4 N–H and O–H groups in total. The number of aromatic amines is 1. The molecule has 3 amide bonds. The Morgan fingerprint density at radius 2 is 2.14 bits per heavy atom. The number of aromatic nitrogens is 5. The first kappa shape index (κ1) is 27.4. The van der Waals surface area contributed by atoms with Gasteiger partial charge in [-0.05, 0) is 28.8 Å². The normalized spacial score (nSPS) is 23.6. The molecule has 4 atom stereocenters. The van der Waals surface area contributed by atoms with Gasteiger partial charge >= 0.3 is 6.03 Å². The zero-order valence-corrected chi connectivity index (χ0v) is 24.3. The van der Waals surface area contributed by atoms with Gasteiger partial charge in [-0.2, -0.15) is 10.2 Å². The molecule has 7 rings (SSSR count). The molecule has 14 nitrogen and oxygen atoms in total. The van der Waals surface area contributed by atoms with Gasteiger partial charge < -0.3 is 20.7 Å². The minimum absolute atomic E-state index is 0.0538. The van der Waals surface area contributed by atoms with Crippen LogP contribution >= 0.6 is 11.3 Å². The number of carbonyl (C=O) groups excluding carboxylic acids is 2. The van der Waals surface area contributed by atoms with Crippen LogP contribution in [0, 0.1) is 0 Å². The fraction of sp³-hybridized carbons (Fsp3) is 0.357. The quantitative estimate of drug-likeness (QED) is 0.199. The Bertz CT molecular complexity index is 1660. The van der Waals surface area contributed by atoms with E-state index in [1.807, 2.05) is 46.3 Å². The lowest BCUT2D eigenvalue weighted by atomic mass is 10.00. The monoisotopic (exact) mass is 601 g/mol. The van der Waals surface area contributed by atoms with Crippen LogP contribution in [0.2, 0.25) is 0 Å². The summed E-state index contributed by atoms with van der Waals surface area (Å²) >= 11 is 1.46. The molecule has 2 aromatic heterocycles. The second kappa shape index (κ2) is 11.0. The molecule has 222 valence electrons. The van der Waals surface area contributed by atoms with Gasteiger partial charge in [0.2, 0.25) is 11.7 Å². The SMILES string of the molecule is C=CCN(C(=O)NC)N1CC(=O)N2[C@@H](Cc3ccc(-c4nn[nH]n4)cc3)C3OC3N(Cc3cccc4sc(N)nc34)C[C@@H]21. The highest BCUT2D eigenvalue weighted by molar-refractivity contribution is 7.22. The van der Waals surface area contributed by atoms with Crippen molar-refractivity contribution in [2.75, 3.05) is 32.4 Å². The number of nitrogens with one attached hydrogen (secondary N) is 2. The van der Waals surface area contributed by atoms with Gasteiger partial charge in [0.05, 0.1) is 29.3 Å². The van der Waals surface area contributed by atoms with Crippen LogP contribution in [0.3, 0.4) is 0 Å². The van der Waals surface area contributed by atoms with Crippen LogP contribution in [0.4, 0.5) is 9.93 Å². The van der Waals surface area contributed by atoms with Crippen molar-refractivity contribution in [1.82, 2.24) is 50.7 Å². The fourth-order valence-corrected chi connectivity index (χ4v) is 7.02. The minimum atomic E-state index is -0.399. The number of ether oxygens (including phenoxy) is 1. The number of nitrogens with two attached hydrogens (primary N) is 1. The molecular formula is C28H31N11O3S. The van der Waals surface area contributed by atoms with Crippen molar-refractivity contribution in [3.05, 3.63) is 66.2 Å². The number of urea groups is 1. The molecule has 0 radical (unpaired) electrons. The number of H-pyrrole nitrogens is 1. The van der Waals surface area contributed by atoms with E-state index in [1.54, 1.807) is 18.1 Å². The first-order valence-electron chi connectivity index (χ1n) is 14.0. The third-order valence-corrected chi connectivity index (χ3v) is 9.05. The van der Waals surface area contributed by atoms with Gasteiger partial charge in [-0.15, -0.1) is 16.8 Å². The standard InChI is InChI=1S/C28H31N11O3S/c1-3-11-37(28(41)30-2)38-15-22(40)39-19(12-16-7-9-17(10-8-16)25-32-34-35-33-25)24-26(42-24)36(14-21(38)39)13-18-5-4-6-20-23(18)31-27(29)43-20/h3-10,19,21,24,26H,1,11-15H2,2H3,(H2,29,31)(H,30,41)(H,32,33,34,35)/t19-,21+,24?,26?/m0/s1. The summed E-state index contributed by atoms with van der Waals surface area (Å²) in [5.41, 5.74) is 9.84. The smallest absolute Gasteiger partial charge is 0.332 e. The predicted molar refractivity (Wildman–Crippen MR) is 159 cm³/mol. The summed E-state index contributed by atoms with van der Waals surface area (Å²) in [6.07, 6.45) is 1.45. The molecule has 43 heavy (non-hydrogen) atoms. The molecule has 3 saturated heterocycles. The van der Waals surface area contributed by atoms with Gasteiger partial charge in [0.25, 0.3) is 0 Å². The molecule has 0 bridgehead atoms. The number of hydrazine groups is 1. The van der Waals surface area contributed by atoms with Gasteiger partial charge in [0.1, 0.15) is 18.5 Å². The van der Waals surface area contributed by atoms with Gasteiger partial charge in [-0.25, -0.2) is 9.78 Å². The number of rotatable bonds is 8. The maximum atomic E-state index is 13.8. The Morgan fingerprint density at radius 1 is 1.30 bits per heavy atom.